The third-order valence-electron chi connectivity index (χ3n) is 6.10. The normalized spacial score (nSPS) is 19.8. The van der Waals surface area contributed by atoms with Crippen LogP contribution >= 0.6 is 0 Å². The van der Waals surface area contributed by atoms with E-state index in [-0.39, 0.29) is 0 Å². The number of aryl methyl sites for hydroxylation is 1. The quantitative estimate of drug-likeness (QED) is 0.570. The van der Waals surface area contributed by atoms with Crippen LogP contribution in [-0.4, -0.2) is 11.1 Å². The SMILES string of the molecule is CCCc1ccc(C(=O)O)c([C@H]2CC[C@H](CCC)CC2)c1-c1ccccc1. The van der Waals surface area contributed by atoms with Gasteiger partial charge in [-0.15, -0.1) is 0 Å². The molecule has 2 aromatic carbocycles. The van der Waals surface area contributed by atoms with Crippen molar-refractivity contribution >= 4 is 5.97 Å². The molecule has 0 radical (unpaired) electrons. The second kappa shape index (κ2) is 9.21. The molecule has 1 fully saturated rings. The average molecular weight is 365 g/mol. The summed E-state index contributed by atoms with van der Waals surface area (Å²) >= 11 is 0. The summed E-state index contributed by atoms with van der Waals surface area (Å²) in [6.07, 6.45) is 9.28. The zero-order chi connectivity index (χ0) is 19.2. The molecule has 0 unspecified atom stereocenters. The van der Waals surface area contributed by atoms with Gasteiger partial charge < -0.3 is 5.11 Å². The molecule has 1 saturated carbocycles. The summed E-state index contributed by atoms with van der Waals surface area (Å²) in [5, 5.41) is 9.92. The number of aromatic carboxylic acids is 1. The Morgan fingerprint density at radius 2 is 1.67 bits per heavy atom. The minimum atomic E-state index is -0.791. The van der Waals surface area contributed by atoms with Gasteiger partial charge >= 0.3 is 5.97 Å². The first kappa shape index (κ1) is 19.7. The van der Waals surface area contributed by atoms with Crippen LogP contribution < -0.4 is 0 Å². The number of hydrogen-bond acceptors (Lipinski definition) is 1. The molecule has 0 aliphatic heterocycles. The van der Waals surface area contributed by atoms with E-state index in [2.05, 4.69) is 38.1 Å². The highest BCUT2D eigenvalue weighted by atomic mass is 16.4. The van der Waals surface area contributed by atoms with E-state index in [1.807, 2.05) is 18.2 Å². The van der Waals surface area contributed by atoms with Gasteiger partial charge in [0, 0.05) is 0 Å². The van der Waals surface area contributed by atoms with Crippen LogP contribution in [0, 0.1) is 5.92 Å². The number of hydrogen-bond donors (Lipinski definition) is 1. The smallest absolute Gasteiger partial charge is 0.335 e. The second-order valence-electron chi connectivity index (χ2n) is 7.99. The van der Waals surface area contributed by atoms with Gasteiger partial charge in [0.15, 0.2) is 0 Å². The molecule has 0 heterocycles. The summed E-state index contributed by atoms with van der Waals surface area (Å²) in [5.41, 5.74) is 5.24. The molecule has 2 aromatic rings. The fourth-order valence-corrected chi connectivity index (χ4v) is 4.85. The molecule has 0 atom stereocenters. The van der Waals surface area contributed by atoms with E-state index < -0.39 is 5.97 Å². The third kappa shape index (κ3) is 4.43. The third-order valence-corrected chi connectivity index (χ3v) is 6.10. The minimum absolute atomic E-state index is 0.358. The molecular formula is C25H32O2. The lowest BCUT2D eigenvalue weighted by Gasteiger charge is -2.31. The lowest BCUT2D eigenvalue weighted by Crippen LogP contribution is -2.17. The van der Waals surface area contributed by atoms with E-state index in [9.17, 15) is 9.90 Å². The average Bonchev–Trinajstić information content (AvgIpc) is 2.69. The molecule has 144 valence electrons. The molecular weight excluding hydrogens is 332 g/mol. The van der Waals surface area contributed by atoms with Crippen molar-refractivity contribution in [2.24, 2.45) is 5.92 Å². The predicted octanol–water partition coefficient (Wildman–Crippen LogP) is 7.08. The molecule has 1 N–H and O–H groups in total. The van der Waals surface area contributed by atoms with E-state index >= 15 is 0 Å². The molecule has 2 heteroatoms. The van der Waals surface area contributed by atoms with Gasteiger partial charge in [-0.2, -0.15) is 0 Å². The monoisotopic (exact) mass is 364 g/mol. The van der Waals surface area contributed by atoms with Crippen LogP contribution in [0.5, 0.6) is 0 Å². The highest BCUT2D eigenvalue weighted by Gasteiger charge is 2.29. The molecule has 0 saturated heterocycles. The molecule has 0 bridgehead atoms. The van der Waals surface area contributed by atoms with Crippen molar-refractivity contribution in [3.05, 3.63) is 59.2 Å². The maximum Gasteiger partial charge on any atom is 0.335 e. The van der Waals surface area contributed by atoms with Crippen molar-refractivity contribution in [2.75, 3.05) is 0 Å². The Hall–Kier alpha value is -2.09. The predicted molar refractivity (Wildman–Crippen MR) is 112 cm³/mol. The van der Waals surface area contributed by atoms with E-state index in [1.165, 1.54) is 36.8 Å². The number of carboxylic acid groups (broad SMARTS) is 1. The zero-order valence-corrected chi connectivity index (χ0v) is 16.7. The Balaban J connectivity index is 2.09. The van der Waals surface area contributed by atoms with Gasteiger partial charge in [0.2, 0.25) is 0 Å². The lowest BCUT2D eigenvalue weighted by atomic mass is 9.73. The van der Waals surface area contributed by atoms with E-state index in [1.54, 1.807) is 0 Å². The molecule has 3 rings (SSSR count). The van der Waals surface area contributed by atoms with Gasteiger partial charge in [-0.25, -0.2) is 4.79 Å². The fraction of sp³-hybridized carbons (Fsp3) is 0.480. The van der Waals surface area contributed by atoms with Gasteiger partial charge in [0.25, 0.3) is 0 Å². The van der Waals surface area contributed by atoms with Crippen LogP contribution in [0.2, 0.25) is 0 Å². The Morgan fingerprint density at radius 1 is 0.963 bits per heavy atom. The summed E-state index contributed by atoms with van der Waals surface area (Å²) in [4.78, 5) is 12.1. The van der Waals surface area contributed by atoms with E-state index in [4.69, 9.17) is 0 Å². The van der Waals surface area contributed by atoms with Crippen LogP contribution in [0.3, 0.4) is 0 Å². The van der Waals surface area contributed by atoms with Crippen molar-refractivity contribution in [3.8, 4) is 11.1 Å². The molecule has 0 aromatic heterocycles. The second-order valence-corrected chi connectivity index (χ2v) is 7.99. The molecule has 1 aliphatic rings. The van der Waals surface area contributed by atoms with Crippen molar-refractivity contribution in [1.29, 1.82) is 0 Å². The molecule has 0 spiro atoms. The summed E-state index contributed by atoms with van der Waals surface area (Å²) in [6, 6.07) is 14.3. The number of benzene rings is 2. The summed E-state index contributed by atoms with van der Waals surface area (Å²) in [7, 11) is 0. The van der Waals surface area contributed by atoms with Crippen LogP contribution in [0.25, 0.3) is 11.1 Å². The summed E-state index contributed by atoms with van der Waals surface area (Å²) in [6.45, 7) is 4.45. The van der Waals surface area contributed by atoms with Crippen molar-refractivity contribution in [3.63, 3.8) is 0 Å². The van der Waals surface area contributed by atoms with E-state index in [0.717, 1.165) is 42.7 Å². The highest BCUT2D eigenvalue weighted by molar-refractivity contribution is 5.93. The maximum atomic E-state index is 12.1. The Labute approximate surface area is 163 Å². The number of carboxylic acids is 1. The lowest BCUT2D eigenvalue weighted by molar-refractivity contribution is 0.0694. The van der Waals surface area contributed by atoms with Gasteiger partial charge in [-0.3, -0.25) is 0 Å². The summed E-state index contributed by atoms with van der Waals surface area (Å²) in [5.74, 6) is 0.385. The first-order chi connectivity index (χ1) is 13.2. The molecule has 27 heavy (non-hydrogen) atoms. The minimum Gasteiger partial charge on any atom is -0.478 e. The van der Waals surface area contributed by atoms with Crippen LogP contribution in [-0.2, 0) is 6.42 Å². The topological polar surface area (TPSA) is 37.3 Å². The van der Waals surface area contributed by atoms with Crippen molar-refractivity contribution in [1.82, 2.24) is 0 Å². The largest absolute Gasteiger partial charge is 0.478 e. The fourth-order valence-electron chi connectivity index (χ4n) is 4.85. The van der Waals surface area contributed by atoms with Gasteiger partial charge in [-0.1, -0.05) is 69.5 Å². The number of carbonyl (C=O) groups is 1. The van der Waals surface area contributed by atoms with Crippen molar-refractivity contribution < 1.29 is 9.90 Å². The van der Waals surface area contributed by atoms with Gasteiger partial charge in [-0.05, 0) is 72.3 Å². The van der Waals surface area contributed by atoms with Crippen molar-refractivity contribution in [2.45, 2.75) is 71.1 Å². The standard InChI is InChI=1S/C25H32O2/c1-3-8-18-12-14-21(15-13-18)24-22(25(26)27)17-16-19(9-4-2)23(24)20-10-6-5-7-11-20/h5-7,10-11,16-18,21H,3-4,8-9,12-15H2,1-2H3,(H,26,27)/t18-,21-. The van der Waals surface area contributed by atoms with Crippen LogP contribution in [0.4, 0.5) is 0 Å². The molecule has 1 aliphatic carbocycles. The zero-order valence-electron chi connectivity index (χ0n) is 16.7. The van der Waals surface area contributed by atoms with Gasteiger partial charge in [0.1, 0.15) is 0 Å². The van der Waals surface area contributed by atoms with Gasteiger partial charge in [0.05, 0.1) is 5.56 Å². The Bertz CT molecular complexity index is 755. The molecule has 2 nitrogen and oxygen atoms in total. The Morgan fingerprint density at radius 3 is 2.26 bits per heavy atom. The highest BCUT2D eigenvalue weighted by Crippen LogP contribution is 2.44. The number of rotatable bonds is 7. The first-order valence-corrected chi connectivity index (χ1v) is 10.6. The van der Waals surface area contributed by atoms with E-state index in [0.29, 0.717) is 11.5 Å². The first-order valence-electron chi connectivity index (χ1n) is 10.6. The van der Waals surface area contributed by atoms with Crippen LogP contribution in [0.15, 0.2) is 42.5 Å². The molecule has 0 amide bonds. The maximum absolute atomic E-state index is 12.1. The summed E-state index contributed by atoms with van der Waals surface area (Å²) < 4.78 is 0. The van der Waals surface area contributed by atoms with Crippen LogP contribution in [0.1, 0.15) is 86.2 Å². The Kier molecular flexibility index (Phi) is 6.71.